The van der Waals surface area contributed by atoms with Crippen LogP contribution in [0, 0.1) is 30.6 Å². The molecule has 0 aromatic heterocycles. The van der Waals surface area contributed by atoms with E-state index in [9.17, 15) is 9.59 Å². The summed E-state index contributed by atoms with van der Waals surface area (Å²) in [7, 11) is 0. The second-order valence-corrected chi connectivity index (χ2v) is 11.4. The highest BCUT2D eigenvalue weighted by molar-refractivity contribution is 5.91. The van der Waals surface area contributed by atoms with Gasteiger partial charge < -0.3 is 25.6 Å². The Labute approximate surface area is 221 Å². The molecule has 7 heteroatoms. The summed E-state index contributed by atoms with van der Waals surface area (Å²) in [4.78, 5) is 27.4. The minimum absolute atomic E-state index is 0.182. The molecule has 4 rings (SSSR count). The molecule has 200 valence electrons. The van der Waals surface area contributed by atoms with Crippen LogP contribution in [0.3, 0.4) is 0 Å². The molecular weight excluding hydrogens is 464 g/mol. The van der Waals surface area contributed by atoms with Gasteiger partial charge in [0.1, 0.15) is 0 Å². The van der Waals surface area contributed by atoms with Crippen LogP contribution >= 0.6 is 0 Å². The van der Waals surface area contributed by atoms with Gasteiger partial charge >= 0.3 is 12.1 Å². The number of aryl methyl sites for hydroxylation is 2. The summed E-state index contributed by atoms with van der Waals surface area (Å²) in [6.45, 7) is 12.7. The number of hydrogen-bond acceptors (Lipinski definition) is 3. The molecule has 4 amide bonds. The molecule has 0 radical (unpaired) electrons. The van der Waals surface area contributed by atoms with Gasteiger partial charge in [-0.1, -0.05) is 57.2 Å². The number of benzene rings is 2. The number of hydrogen-bond donors (Lipinski definition) is 3. The monoisotopic (exact) mass is 506 g/mol. The Morgan fingerprint density at radius 3 is 2.14 bits per heavy atom. The van der Waals surface area contributed by atoms with Crippen molar-refractivity contribution in [1.29, 1.82) is 0 Å². The predicted molar refractivity (Wildman–Crippen MR) is 149 cm³/mol. The third-order valence-electron chi connectivity index (χ3n) is 9.13. The quantitative estimate of drug-likeness (QED) is 0.379. The van der Waals surface area contributed by atoms with Crippen LogP contribution in [0.4, 0.5) is 21.0 Å². The number of carbonyl (C=O) groups excluding carboxylic acids is 2. The first-order chi connectivity index (χ1) is 17.6. The van der Waals surface area contributed by atoms with Crippen LogP contribution in [0.5, 0.6) is 0 Å². The summed E-state index contributed by atoms with van der Waals surface area (Å²) in [6, 6.07) is 14.9. The number of fused-ring (bicyclic) bond motifs is 2. The fraction of sp³-hybridized carbons (Fsp3) is 0.533. The third kappa shape index (κ3) is 5.77. The van der Waals surface area contributed by atoms with E-state index in [2.05, 4.69) is 36.7 Å². The molecule has 2 bridgehead atoms. The molecule has 2 aliphatic carbocycles. The minimum Gasteiger partial charge on any atom is -0.376 e. The van der Waals surface area contributed by atoms with E-state index in [1.54, 1.807) is 4.90 Å². The van der Waals surface area contributed by atoms with E-state index in [1.807, 2.05) is 62.4 Å². The molecule has 2 aromatic carbocycles. The Kier molecular flexibility index (Phi) is 8.12. The van der Waals surface area contributed by atoms with Crippen molar-refractivity contribution >= 4 is 23.4 Å². The van der Waals surface area contributed by atoms with Crippen molar-refractivity contribution in [3.05, 3.63) is 59.7 Å². The van der Waals surface area contributed by atoms with Gasteiger partial charge in [-0.15, -0.1) is 0 Å². The Bertz CT molecular complexity index is 1120. The number of amides is 4. The molecule has 0 unspecified atom stereocenters. The van der Waals surface area contributed by atoms with E-state index >= 15 is 0 Å². The van der Waals surface area contributed by atoms with Gasteiger partial charge in [0, 0.05) is 31.0 Å². The molecule has 2 aromatic rings. The average Bonchev–Trinajstić information content (AvgIpc) is 3.19. The average molecular weight is 507 g/mol. The number of para-hydroxylation sites is 2. The second-order valence-electron chi connectivity index (χ2n) is 11.4. The van der Waals surface area contributed by atoms with Crippen LogP contribution in [0.25, 0.3) is 0 Å². The summed E-state index contributed by atoms with van der Waals surface area (Å²) < 4.78 is 6.43. The van der Waals surface area contributed by atoms with Gasteiger partial charge in [0.15, 0.2) is 0 Å². The summed E-state index contributed by atoms with van der Waals surface area (Å²) in [5, 5.41) is 8.78. The molecular formula is C30H42N4O3. The number of carbonyl (C=O) groups is 2. The Morgan fingerprint density at radius 1 is 0.946 bits per heavy atom. The number of nitrogens with zero attached hydrogens (tertiary/aromatic N) is 1. The predicted octanol–water partition coefficient (Wildman–Crippen LogP) is 6.19. The zero-order chi connectivity index (χ0) is 26.6. The molecule has 0 spiro atoms. The molecule has 2 aliphatic rings. The second kappa shape index (κ2) is 11.1. The molecule has 3 N–H and O–H groups in total. The zero-order valence-electron chi connectivity index (χ0n) is 22.9. The van der Waals surface area contributed by atoms with Crippen molar-refractivity contribution in [3.8, 4) is 0 Å². The van der Waals surface area contributed by atoms with Crippen molar-refractivity contribution in [2.45, 2.75) is 60.0 Å². The maximum absolute atomic E-state index is 13.2. The largest absolute Gasteiger partial charge is 0.376 e. The van der Waals surface area contributed by atoms with E-state index < -0.39 is 0 Å². The van der Waals surface area contributed by atoms with E-state index in [4.69, 9.17) is 4.74 Å². The van der Waals surface area contributed by atoms with Gasteiger partial charge in [-0.2, -0.15) is 0 Å². The van der Waals surface area contributed by atoms with E-state index in [0.717, 1.165) is 28.9 Å². The van der Waals surface area contributed by atoms with Crippen molar-refractivity contribution in [2.75, 3.05) is 36.9 Å². The Morgan fingerprint density at radius 2 is 1.57 bits per heavy atom. The molecule has 37 heavy (non-hydrogen) atoms. The number of urea groups is 2. The number of anilines is 2. The topological polar surface area (TPSA) is 82.7 Å². The van der Waals surface area contributed by atoms with Gasteiger partial charge in [0.2, 0.25) is 0 Å². The molecule has 2 saturated carbocycles. The Hall–Kier alpha value is -3.06. The summed E-state index contributed by atoms with van der Waals surface area (Å²) in [5.41, 5.74) is 4.01. The van der Waals surface area contributed by atoms with Crippen LogP contribution < -0.4 is 16.0 Å². The summed E-state index contributed by atoms with van der Waals surface area (Å²) in [5.74, 6) is 0.707. The standard InChI is InChI=1S/C30H42N4O3/c1-21-10-6-8-12-24(21)32-27(35)31-16-17-34(28(36)33-25-13-9-7-11-22(25)2)18-19-37-26-20-23-14-15-30(26,5)29(23,3)4/h6-13,23,26H,14-20H2,1-5H3,(H,33,36)(H2,31,32,35)/t23-,26+,30+/m1/s1. The van der Waals surface area contributed by atoms with Gasteiger partial charge in [0.05, 0.1) is 12.7 Å². The lowest BCUT2D eigenvalue weighted by molar-refractivity contribution is -0.0494. The zero-order valence-corrected chi connectivity index (χ0v) is 22.9. The third-order valence-corrected chi connectivity index (χ3v) is 9.13. The lowest BCUT2D eigenvalue weighted by Crippen LogP contribution is -2.44. The molecule has 0 aliphatic heterocycles. The SMILES string of the molecule is Cc1ccccc1NC(=O)NCCN(CCO[C@H]1C[C@H]2CC[C@]1(C)C2(C)C)C(=O)Nc1ccccc1C. The van der Waals surface area contributed by atoms with Crippen LogP contribution in [-0.4, -0.2) is 49.3 Å². The highest BCUT2D eigenvalue weighted by atomic mass is 16.5. The summed E-state index contributed by atoms with van der Waals surface area (Å²) >= 11 is 0. The summed E-state index contributed by atoms with van der Waals surface area (Å²) in [6.07, 6.45) is 3.80. The molecule has 2 fully saturated rings. The van der Waals surface area contributed by atoms with Gasteiger partial charge in [-0.3, -0.25) is 0 Å². The van der Waals surface area contributed by atoms with Crippen LogP contribution in [0.2, 0.25) is 0 Å². The van der Waals surface area contributed by atoms with Crippen LogP contribution in [0.1, 0.15) is 51.2 Å². The van der Waals surface area contributed by atoms with Crippen molar-refractivity contribution in [1.82, 2.24) is 10.2 Å². The smallest absolute Gasteiger partial charge is 0.321 e. The van der Waals surface area contributed by atoms with Gasteiger partial charge in [-0.25, -0.2) is 9.59 Å². The van der Waals surface area contributed by atoms with Gasteiger partial charge in [0.25, 0.3) is 0 Å². The fourth-order valence-corrected chi connectivity index (χ4v) is 6.09. The van der Waals surface area contributed by atoms with Crippen molar-refractivity contribution < 1.29 is 14.3 Å². The first kappa shape index (κ1) is 27.0. The van der Waals surface area contributed by atoms with E-state index in [-0.39, 0.29) is 29.0 Å². The highest BCUT2D eigenvalue weighted by Gasteiger charge is 2.61. The van der Waals surface area contributed by atoms with Gasteiger partial charge in [-0.05, 0) is 73.1 Å². The first-order valence-corrected chi connectivity index (χ1v) is 13.5. The van der Waals surface area contributed by atoms with E-state index in [1.165, 1.54) is 12.8 Å². The number of ether oxygens (including phenoxy) is 1. The first-order valence-electron chi connectivity index (χ1n) is 13.5. The molecule has 3 atom stereocenters. The molecule has 7 nitrogen and oxygen atoms in total. The maximum atomic E-state index is 13.2. The number of rotatable bonds is 9. The lowest BCUT2D eigenvalue weighted by atomic mass is 9.70. The molecule has 0 saturated heterocycles. The Balaban J connectivity index is 1.33. The van der Waals surface area contributed by atoms with E-state index in [0.29, 0.717) is 32.2 Å². The van der Waals surface area contributed by atoms with Crippen LogP contribution in [-0.2, 0) is 4.74 Å². The highest BCUT2D eigenvalue weighted by Crippen LogP contribution is 2.66. The maximum Gasteiger partial charge on any atom is 0.321 e. The normalized spacial score (nSPS) is 23.5. The fourth-order valence-electron chi connectivity index (χ4n) is 6.09. The molecule has 0 heterocycles. The van der Waals surface area contributed by atoms with Crippen molar-refractivity contribution in [3.63, 3.8) is 0 Å². The van der Waals surface area contributed by atoms with Crippen molar-refractivity contribution in [2.24, 2.45) is 16.7 Å². The number of nitrogens with one attached hydrogen (secondary N) is 3. The minimum atomic E-state index is -0.290. The lowest BCUT2D eigenvalue weighted by Gasteiger charge is -2.39. The van der Waals surface area contributed by atoms with Crippen LogP contribution in [0.15, 0.2) is 48.5 Å².